The lowest BCUT2D eigenvalue weighted by molar-refractivity contribution is -0.130. The molecule has 1 atom stereocenters. The Bertz CT molecular complexity index is 828. The van der Waals surface area contributed by atoms with Gasteiger partial charge in [0.1, 0.15) is 5.82 Å². The first-order valence-corrected chi connectivity index (χ1v) is 11.9. The molecule has 1 saturated heterocycles. The highest BCUT2D eigenvalue weighted by Gasteiger charge is 2.33. The minimum absolute atomic E-state index is 0.00423. The highest BCUT2D eigenvalue weighted by atomic mass is 19.1. The van der Waals surface area contributed by atoms with E-state index >= 15 is 0 Å². The normalized spacial score (nSPS) is 19.1. The topological polar surface area (TPSA) is 92.5 Å². The Morgan fingerprint density at radius 2 is 1.75 bits per heavy atom. The molecule has 1 aromatic rings. The molecule has 1 aliphatic carbocycles. The summed E-state index contributed by atoms with van der Waals surface area (Å²) in [5.41, 5.74) is 6.24. The summed E-state index contributed by atoms with van der Waals surface area (Å²) in [6.45, 7) is 4.89. The summed E-state index contributed by atoms with van der Waals surface area (Å²) < 4.78 is 14.9. The van der Waals surface area contributed by atoms with E-state index in [0.29, 0.717) is 13.1 Å². The Balaban J connectivity index is 1.68. The smallest absolute Gasteiger partial charge is 0.254 e. The van der Waals surface area contributed by atoms with E-state index in [1.807, 2.05) is 13.8 Å². The molecule has 3 rings (SSSR count). The van der Waals surface area contributed by atoms with Crippen LogP contribution in [0.4, 0.5) is 4.39 Å². The summed E-state index contributed by atoms with van der Waals surface area (Å²) in [5.74, 6) is -1.08. The number of ketones is 1. The summed E-state index contributed by atoms with van der Waals surface area (Å²) in [7, 11) is 0. The van der Waals surface area contributed by atoms with Gasteiger partial charge in [-0.2, -0.15) is 0 Å². The molecule has 6 nitrogen and oxygen atoms in total. The van der Waals surface area contributed by atoms with E-state index in [0.717, 1.165) is 50.5 Å². The molecular weight excluding hydrogens is 409 g/mol. The van der Waals surface area contributed by atoms with Crippen LogP contribution >= 0.6 is 0 Å². The van der Waals surface area contributed by atoms with Crippen molar-refractivity contribution in [2.45, 2.75) is 70.8 Å². The summed E-state index contributed by atoms with van der Waals surface area (Å²) in [6, 6.07) is 4.18. The van der Waals surface area contributed by atoms with Crippen molar-refractivity contribution in [2.24, 2.45) is 17.6 Å². The lowest BCUT2D eigenvalue weighted by atomic mass is 9.80. The minimum Gasteiger partial charge on any atom is -0.342 e. The zero-order valence-electron chi connectivity index (χ0n) is 19.2. The molecule has 0 aromatic heterocycles. The number of rotatable bonds is 7. The van der Waals surface area contributed by atoms with Crippen molar-refractivity contribution in [1.82, 2.24) is 10.2 Å². The number of carbonyl (C=O) groups excluding carboxylic acids is 3. The predicted octanol–water partition coefficient (Wildman–Crippen LogP) is 3.39. The molecule has 7 heteroatoms. The van der Waals surface area contributed by atoms with E-state index in [-0.39, 0.29) is 41.6 Å². The molecule has 0 unspecified atom stereocenters. The van der Waals surface area contributed by atoms with Crippen molar-refractivity contribution in [3.8, 4) is 0 Å². The molecule has 1 saturated carbocycles. The van der Waals surface area contributed by atoms with Crippen molar-refractivity contribution < 1.29 is 18.8 Å². The molecule has 3 N–H and O–H groups in total. The maximum absolute atomic E-state index is 14.9. The number of hydrogen-bond donors (Lipinski definition) is 2. The van der Waals surface area contributed by atoms with Crippen molar-refractivity contribution in [3.05, 3.63) is 35.1 Å². The Morgan fingerprint density at radius 3 is 2.31 bits per heavy atom. The van der Waals surface area contributed by atoms with E-state index in [1.165, 1.54) is 12.1 Å². The van der Waals surface area contributed by atoms with Crippen LogP contribution < -0.4 is 11.1 Å². The zero-order chi connectivity index (χ0) is 23.3. The monoisotopic (exact) mass is 445 g/mol. The zero-order valence-corrected chi connectivity index (χ0v) is 19.2. The molecule has 1 aliphatic heterocycles. The maximum Gasteiger partial charge on any atom is 0.254 e. The van der Waals surface area contributed by atoms with Crippen LogP contribution in [0.3, 0.4) is 0 Å². The number of amides is 2. The first kappa shape index (κ1) is 24.4. The van der Waals surface area contributed by atoms with E-state index in [2.05, 4.69) is 5.32 Å². The second-order valence-corrected chi connectivity index (χ2v) is 9.50. The number of hydrogen-bond acceptors (Lipinski definition) is 4. The summed E-state index contributed by atoms with van der Waals surface area (Å²) in [5, 5.41) is 2.86. The fraction of sp³-hybridized carbons (Fsp3) is 0.640. The third-order valence-electron chi connectivity index (χ3n) is 7.01. The quantitative estimate of drug-likeness (QED) is 0.673. The van der Waals surface area contributed by atoms with Gasteiger partial charge in [-0.1, -0.05) is 39.2 Å². The molecule has 2 fully saturated rings. The fourth-order valence-corrected chi connectivity index (χ4v) is 5.03. The van der Waals surface area contributed by atoms with Crippen LogP contribution in [-0.2, 0) is 9.59 Å². The molecule has 0 spiro atoms. The van der Waals surface area contributed by atoms with E-state index in [4.69, 9.17) is 5.73 Å². The summed E-state index contributed by atoms with van der Waals surface area (Å²) in [4.78, 5) is 39.2. The van der Waals surface area contributed by atoms with Crippen LogP contribution in [0, 0.1) is 17.7 Å². The first-order chi connectivity index (χ1) is 15.3. The van der Waals surface area contributed by atoms with Crippen LogP contribution in [0.2, 0.25) is 0 Å². The Kier molecular flexibility index (Phi) is 8.40. The van der Waals surface area contributed by atoms with Gasteiger partial charge in [0, 0.05) is 19.0 Å². The molecule has 1 aromatic carbocycles. The van der Waals surface area contributed by atoms with E-state index < -0.39 is 17.8 Å². The number of likely N-dealkylation sites (tertiary alicyclic amines) is 1. The summed E-state index contributed by atoms with van der Waals surface area (Å²) >= 11 is 0. The molecule has 2 amide bonds. The van der Waals surface area contributed by atoms with E-state index in [9.17, 15) is 18.8 Å². The van der Waals surface area contributed by atoms with Crippen molar-refractivity contribution >= 4 is 17.6 Å². The maximum atomic E-state index is 14.9. The number of nitrogens with one attached hydrogen (secondary N) is 1. The molecule has 32 heavy (non-hydrogen) atoms. The lowest BCUT2D eigenvalue weighted by Gasteiger charge is -2.32. The number of carbonyl (C=O) groups is 3. The van der Waals surface area contributed by atoms with Crippen LogP contribution in [0.25, 0.3) is 0 Å². The average molecular weight is 446 g/mol. The van der Waals surface area contributed by atoms with Crippen molar-refractivity contribution in [1.29, 1.82) is 0 Å². The van der Waals surface area contributed by atoms with E-state index in [1.54, 1.807) is 11.0 Å². The first-order valence-electron chi connectivity index (χ1n) is 11.9. The van der Waals surface area contributed by atoms with Gasteiger partial charge in [0.25, 0.3) is 5.91 Å². The highest BCUT2D eigenvalue weighted by Crippen LogP contribution is 2.30. The van der Waals surface area contributed by atoms with Gasteiger partial charge in [-0.3, -0.25) is 14.4 Å². The number of nitrogens with two attached hydrogens (primary N) is 1. The van der Waals surface area contributed by atoms with Gasteiger partial charge in [0.05, 0.1) is 18.2 Å². The number of nitrogens with zero attached hydrogens (tertiary/aromatic N) is 1. The Labute approximate surface area is 190 Å². The number of Topliss-reactive ketones (excluding diaryl/α,β-unsaturated/α-hetero) is 1. The number of piperidine rings is 1. The number of halogens is 1. The van der Waals surface area contributed by atoms with Crippen LogP contribution in [-0.4, -0.2) is 48.2 Å². The van der Waals surface area contributed by atoms with Crippen LogP contribution in [0.5, 0.6) is 0 Å². The number of benzene rings is 1. The Hall–Kier alpha value is -2.28. The van der Waals surface area contributed by atoms with Gasteiger partial charge >= 0.3 is 0 Å². The second-order valence-electron chi connectivity index (χ2n) is 9.50. The third kappa shape index (κ3) is 5.74. The van der Waals surface area contributed by atoms with Crippen molar-refractivity contribution in [3.63, 3.8) is 0 Å². The van der Waals surface area contributed by atoms with Crippen LogP contribution in [0.1, 0.15) is 80.6 Å². The van der Waals surface area contributed by atoms with Crippen LogP contribution in [0.15, 0.2) is 18.2 Å². The molecule has 2 aliphatic rings. The van der Waals surface area contributed by atoms with Gasteiger partial charge in [0.2, 0.25) is 5.91 Å². The van der Waals surface area contributed by atoms with Gasteiger partial charge < -0.3 is 16.0 Å². The van der Waals surface area contributed by atoms with Crippen molar-refractivity contribution in [2.75, 3.05) is 19.6 Å². The predicted molar refractivity (Wildman–Crippen MR) is 122 cm³/mol. The second kappa shape index (κ2) is 11.0. The molecular formula is C25H36FN3O3. The lowest BCUT2D eigenvalue weighted by Crippen LogP contribution is -2.48. The summed E-state index contributed by atoms with van der Waals surface area (Å²) in [6.07, 6.45) is 6.57. The fourth-order valence-electron chi connectivity index (χ4n) is 5.03. The highest BCUT2D eigenvalue weighted by molar-refractivity contribution is 5.98. The van der Waals surface area contributed by atoms with Gasteiger partial charge in [-0.25, -0.2) is 4.39 Å². The third-order valence-corrected chi connectivity index (χ3v) is 7.01. The minimum atomic E-state index is -0.570. The standard InChI is InChI=1S/C25H36FN3O3/c1-16(2)24(31)23(18-6-4-3-5-7-18)28-25(32)20-9-8-19(14-21(20)26)17-10-12-29(13-11-17)22(30)15-27/h8-9,14,16-18,23H,3-7,10-13,15,27H2,1-2H3,(H,28,32)/t23-/m1/s1. The SMILES string of the molecule is CC(C)C(=O)[C@H](NC(=O)c1ccc(C2CCN(C(=O)CN)CC2)cc1F)C1CCCCC1. The molecule has 176 valence electrons. The largest absolute Gasteiger partial charge is 0.342 e. The molecule has 1 heterocycles. The van der Waals surface area contributed by atoms with Gasteiger partial charge in [0.15, 0.2) is 5.78 Å². The van der Waals surface area contributed by atoms with Gasteiger partial charge in [-0.15, -0.1) is 0 Å². The molecule has 0 radical (unpaired) electrons. The average Bonchev–Trinajstić information content (AvgIpc) is 2.82. The van der Waals surface area contributed by atoms with Gasteiger partial charge in [-0.05, 0) is 55.2 Å². The Morgan fingerprint density at radius 1 is 1.09 bits per heavy atom. The molecule has 0 bridgehead atoms.